The zero-order valence-corrected chi connectivity index (χ0v) is 10.4. The highest BCUT2D eigenvalue weighted by molar-refractivity contribution is 5.91. The summed E-state index contributed by atoms with van der Waals surface area (Å²) >= 11 is 0. The lowest BCUT2D eigenvalue weighted by molar-refractivity contribution is -0.115. The maximum absolute atomic E-state index is 11.9. The van der Waals surface area contributed by atoms with Crippen molar-refractivity contribution >= 4 is 23.0 Å². The minimum absolute atomic E-state index is 0.0931. The number of anilines is 1. The van der Waals surface area contributed by atoms with Crippen LogP contribution in [-0.4, -0.2) is 25.8 Å². The molecule has 2 heterocycles. The fraction of sp³-hybridized carbons (Fsp3) is 0.0769. The highest BCUT2D eigenvalue weighted by atomic mass is 16.2. The van der Waals surface area contributed by atoms with Crippen LogP contribution in [0.2, 0.25) is 0 Å². The number of nitrogens with one attached hydrogen (secondary N) is 3. The Morgan fingerprint density at radius 2 is 2.05 bits per heavy atom. The number of aromatic nitrogens is 4. The van der Waals surface area contributed by atoms with Gasteiger partial charge >= 0.3 is 0 Å². The van der Waals surface area contributed by atoms with Crippen LogP contribution >= 0.6 is 0 Å². The molecule has 0 unspecified atom stereocenters. The Balaban J connectivity index is 1.79. The Kier molecular flexibility index (Phi) is 3.00. The number of hydrogen-bond donors (Lipinski definition) is 3. The smallest absolute Gasteiger partial charge is 0.278 e. The van der Waals surface area contributed by atoms with Crippen molar-refractivity contribution < 1.29 is 4.79 Å². The van der Waals surface area contributed by atoms with E-state index in [0.717, 1.165) is 5.56 Å². The summed E-state index contributed by atoms with van der Waals surface area (Å²) < 4.78 is 0. The minimum atomic E-state index is -0.373. The van der Waals surface area contributed by atoms with Crippen LogP contribution in [0, 0.1) is 0 Å². The molecule has 0 fully saturated rings. The van der Waals surface area contributed by atoms with E-state index in [1.807, 2.05) is 30.3 Å². The van der Waals surface area contributed by atoms with Gasteiger partial charge in [-0.15, -0.1) is 0 Å². The third kappa shape index (κ3) is 2.41. The Morgan fingerprint density at radius 3 is 2.85 bits per heavy atom. The van der Waals surface area contributed by atoms with Crippen LogP contribution in [0.15, 0.2) is 41.5 Å². The van der Waals surface area contributed by atoms with Crippen molar-refractivity contribution in [1.29, 1.82) is 0 Å². The number of benzene rings is 1. The Hall–Kier alpha value is -2.96. The summed E-state index contributed by atoms with van der Waals surface area (Å²) in [5, 5.41) is 2.55. The van der Waals surface area contributed by atoms with Crippen LogP contribution < -0.4 is 10.9 Å². The van der Waals surface area contributed by atoms with Crippen LogP contribution in [-0.2, 0) is 11.2 Å². The third-order valence-electron chi connectivity index (χ3n) is 2.76. The molecule has 3 rings (SSSR count). The van der Waals surface area contributed by atoms with Crippen LogP contribution in [0.1, 0.15) is 5.56 Å². The lowest BCUT2D eigenvalue weighted by Crippen LogP contribution is -2.19. The van der Waals surface area contributed by atoms with E-state index in [0.29, 0.717) is 0 Å². The van der Waals surface area contributed by atoms with E-state index in [9.17, 15) is 9.59 Å². The fourth-order valence-corrected chi connectivity index (χ4v) is 1.86. The summed E-state index contributed by atoms with van der Waals surface area (Å²) in [7, 11) is 0. The van der Waals surface area contributed by atoms with Crippen molar-refractivity contribution in [2.45, 2.75) is 6.42 Å². The van der Waals surface area contributed by atoms with Gasteiger partial charge < -0.3 is 4.98 Å². The van der Waals surface area contributed by atoms with Gasteiger partial charge in [-0.3, -0.25) is 19.9 Å². The maximum atomic E-state index is 11.9. The van der Waals surface area contributed by atoms with Gasteiger partial charge in [0.2, 0.25) is 11.9 Å². The molecule has 1 aromatic carbocycles. The molecule has 0 aliphatic rings. The molecular weight excluding hydrogens is 258 g/mol. The second kappa shape index (κ2) is 4.96. The molecule has 7 nitrogen and oxygen atoms in total. The first-order chi connectivity index (χ1) is 9.72. The summed E-state index contributed by atoms with van der Waals surface area (Å²) in [6.45, 7) is 0. The SMILES string of the molecule is O=C(Cc1ccccc1)Nc1nc2nc[nH]c2c(=O)[nH]1. The standard InChI is InChI=1S/C13H11N5O2/c19-9(6-8-4-2-1-3-5-8)16-13-17-11-10(12(20)18-13)14-7-15-11/h1-5,7H,6H2,(H3,14,15,16,17,18,19,20). The summed E-state index contributed by atoms with van der Waals surface area (Å²) in [6, 6.07) is 9.31. The number of nitrogens with zero attached hydrogens (tertiary/aromatic N) is 2. The van der Waals surface area contributed by atoms with Crippen molar-refractivity contribution in [2.24, 2.45) is 0 Å². The second-order valence-corrected chi connectivity index (χ2v) is 4.23. The van der Waals surface area contributed by atoms with Crippen molar-refractivity contribution in [1.82, 2.24) is 19.9 Å². The van der Waals surface area contributed by atoms with Gasteiger partial charge in [0.05, 0.1) is 12.7 Å². The summed E-state index contributed by atoms with van der Waals surface area (Å²) in [5.74, 6) is -0.162. The first-order valence-corrected chi connectivity index (χ1v) is 5.99. The highest BCUT2D eigenvalue weighted by Crippen LogP contribution is 2.05. The molecule has 20 heavy (non-hydrogen) atoms. The molecule has 0 spiro atoms. The molecule has 100 valence electrons. The van der Waals surface area contributed by atoms with E-state index >= 15 is 0 Å². The predicted octanol–water partition coefficient (Wildman–Crippen LogP) is 0.827. The van der Waals surface area contributed by atoms with E-state index in [-0.39, 0.29) is 35.0 Å². The summed E-state index contributed by atoms with van der Waals surface area (Å²) in [5.41, 5.74) is 1.06. The largest absolute Gasteiger partial charge is 0.339 e. The van der Waals surface area contributed by atoms with Gasteiger partial charge in [0.25, 0.3) is 5.56 Å². The minimum Gasteiger partial charge on any atom is -0.339 e. The Labute approximate surface area is 113 Å². The molecule has 0 saturated heterocycles. The number of carbonyl (C=O) groups excluding carboxylic acids is 1. The molecule has 7 heteroatoms. The lowest BCUT2D eigenvalue weighted by atomic mass is 10.1. The number of fused-ring (bicyclic) bond motifs is 1. The summed E-state index contributed by atoms with van der Waals surface area (Å²) in [6.07, 6.45) is 1.59. The second-order valence-electron chi connectivity index (χ2n) is 4.23. The average molecular weight is 269 g/mol. The number of hydrogen-bond acceptors (Lipinski definition) is 4. The molecule has 0 aliphatic carbocycles. The number of rotatable bonds is 3. The van der Waals surface area contributed by atoms with Crippen molar-refractivity contribution in [2.75, 3.05) is 5.32 Å². The zero-order valence-electron chi connectivity index (χ0n) is 10.4. The molecule has 0 aliphatic heterocycles. The molecule has 3 N–H and O–H groups in total. The van der Waals surface area contributed by atoms with Crippen molar-refractivity contribution in [3.05, 3.63) is 52.6 Å². The van der Waals surface area contributed by atoms with Gasteiger partial charge in [0.1, 0.15) is 0 Å². The topological polar surface area (TPSA) is 104 Å². The highest BCUT2D eigenvalue weighted by Gasteiger charge is 2.09. The molecule has 1 amide bonds. The van der Waals surface area contributed by atoms with Crippen LogP contribution in [0.3, 0.4) is 0 Å². The normalized spacial score (nSPS) is 10.6. The Bertz CT molecular complexity index is 806. The fourth-order valence-electron chi connectivity index (χ4n) is 1.86. The van der Waals surface area contributed by atoms with Gasteiger partial charge in [0, 0.05) is 0 Å². The van der Waals surface area contributed by atoms with Gasteiger partial charge in [-0.2, -0.15) is 4.98 Å². The molecule has 3 aromatic rings. The van der Waals surface area contributed by atoms with E-state index in [1.165, 1.54) is 6.33 Å². The van der Waals surface area contributed by atoms with Crippen molar-refractivity contribution in [3.8, 4) is 0 Å². The first-order valence-electron chi connectivity index (χ1n) is 5.99. The average Bonchev–Trinajstić information content (AvgIpc) is 2.88. The predicted molar refractivity (Wildman–Crippen MR) is 73.3 cm³/mol. The van der Waals surface area contributed by atoms with Gasteiger partial charge in [-0.1, -0.05) is 30.3 Å². The number of amides is 1. The lowest BCUT2D eigenvalue weighted by Gasteiger charge is -2.04. The van der Waals surface area contributed by atoms with Gasteiger partial charge in [0.15, 0.2) is 11.2 Å². The number of carbonyl (C=O) groups is 1. The number of H-pyrrole nitrogens is 2. The number of aromatic amines is 2. The van der Waals surface area contributed by atoms with Crippen LogP contribution in [0.5, 0.6) is 0 Å². The summed E-state index contributed by atoms with van der Waals surface area (Å²) in [4.78, 5) is 36.7. The number of imidazole rings is 1. The monoisotopic (exact) mass is 269 g/mol. The van der Waals surface area contributed by atoms with Crippen molar-refractivity contribution in [3.63, 3.8) is 0 Å². The molecule has 2 aromatic heterocycles. The molecule has 0 bridgehead atoms. The maximum Gasteiger partial charge on any atom is 0.278 e. The molecule has 0 saturated carbocycles. The quantitative estimate of drug-likeness (QED) is 0.655. The van der Waals surface area contributed by atoms with Gasteiger partial charge in [-0.25, -0.2) is 4.98 Å². The molecule has 0 radical (unpaired) electrons. The molecule has 0 atom stereocenters. The first kappa shape index (κ1) is 12.1. The Morgan fingerprint density at radius 1 is 1.25 bits per heavy atom. The van der Waals surface area contributed by atoms with Crippen LogP contribution in [0.25, 0.3) is 11.2 Å². The van der Waals surface area contributed by atoms with E-state index in [1.54, 1.807) is 0 Å². The zero-order chi connectivity index (χ0) is 13.9. The van der Waals surface area contributed by atoms with E-state index < -0.39 is 0 Å². The third-order valence-corrected chi connectivity index (χ3v) is 2.76. The van der Waals surface area contributed by atoms with E-state index in [4.69, 9.17) is 0 Å². The van der Waals surface area contributed by atoms with E-state index in [2.05, 4.69) is 25.3 Å². The van der Waals surface area contributed by atoms with Gasteiger partial charge in [-0.05, 0) is 5.56 Å². The van der Waals surface area contributed by atoms with Crippen LogP contribution in [0.4, 0.5) is 5.95 Å². The molecular formula is C13H11N5O2.